The molecule has 0 unspecified atom stereocenters. The van der Waals surface area contributed by atoms with Crippen LogP contribution in [0, 0.1) is 10.6 Å². The summed E-state index contributed by atoms with van der Waals surface area (Å²) in [6, 6.07) is 9.07. The van der Waals surface area contributed by atoms with Gasteiger partial charge in [-0.3, -0.25) is 9.59 Å². The third-order valence-electron chi connectivity index (χ3n) is 4.25. The minimum Gasteiger partial charge on any atom is -0.339 e. The number of carbonyl (C=O) groups is 2. The van der Waals surface area contributed by atoms with Gasteiger partial charge in [0.1, 0.15) is 5.82 Å². The van der Waals surface area contributed by atoms with Gasteiger partial charge in [-0.2, -0.15) is 0 Å². The first-order valence-corrected chi connectivity index (χ1v) is 8.96. The van der Waals surface area contributed by atoms with Crippen molar-refractivity contribution in [2.24, 2.45) is 0 Å². The van der Waals surface area contributed by atoms with E-state index in [0.717, 1.165) is 6.07 Å². The first kappa shape index (κ1) is 18.8. The normalized spacial score (nSPS) is 10.8. The summed E-state index contributed by atoms with van der Waals surface area (Å²) in [5, 5.41) is 2.71. The molecular formula is C19H19FN4O2S. The zero-order chi connectivity index (χ0) is 19.6. The highest BCUT2D eigenvalue weighted by atomic mass is 32.1. The molecule has 3 N–H and O–H groups in total. The fourth-order valence-corrected chi connectivity index (χ4v) is 3.12. The molecule has 2 amide bonds. The van der Waals surface area contributed by atoms with Crippen LogP contribution < -0.4 is 5.32 Å². The average molecular weight is 386 g/mol. The van der Waals surface area contributed by atoms with Gasteiger partial charge in [0.05, 0.1) is 16.6 Å². The SMILES string of the molecule is CCN(CC)C(=O)c1cccc(NC(=O)c2cc(F)cc3[nH]c(=S)[nH]c23)c1. The van der Waals surface area contributed by atoms with Crippen molar-refractivity contribution in [1.29, 1.82) is 0 Å². The number of nitrogens with one attached hydrogen (secondary N) is 3. The number of aromatic amines is 2. The van der Waals surface area contributed by atoms with Crippen LogP contribution in [0.3, 0.4) is 0 Å². The van der Waals surface area contributed by atoms with Gasteiger partial charge in [0.2, 0.25) is 0 Å². The molecule has 3 aromatic rings. The lowest BCUT2D eigenvalue weighted by Gasteiger charge is -2.19. The van der Waals surface area contributed by atoms with Crippen molar-refractivity contribution in [3.63, 3.8) is 0 Å². The monoisotopic (exact) mass is 386 g/mol. The summed E-state index contributed by atoms with van der Waals surface area (Å²) >= 11 is 5.02. The Hall–Kier alpha value is -3.00. The molecule has 0 radical (unpaired) electrons. The van der Waals surface area contributed by atoms with Gasteiger partial charge in [-0.05, 0) is 56.4 Å². The summed E-state index contributed by atoms with van der Waals surface area (Å²) in [5.41, 5.74) is 1.88. The highest BCUT2D eigenvalue weighted by Gasteiger charge is 2.16. The summed E-state index contributed by atoms with van der Waals surface area (Å²) < 4.78 is 14.1. The van der Waals surface area contributed by atoms with E-state index in [-0.39, 0.29) is 11.5 Å². The molecule has 0 atom stereocenters. The molecule has 6 nitrogen and oxygen atoms in total. The number of benzene rings is 2. The standard InChI is InChI=1S/C19H19FN4O2S/c1-3-24(4-2)18(26)11-6-5-7-13(8-11)21-17(25)14-9-12(20)10-15-16(14)23-19(27)22-15/h5-10H,3-4H2,1-2H3,(H,21,25)(H2,22,23,27). The van der Waals surface area contributed by atoms with Crippen molar-refractivity contribution in [1.82, 2.24) is 14.9 Å². The Labute approximate surface area is 160 Å². The molecule has 2 aromatic carbocycles. The van der Waals surface area contributed by atoms with Crippen LogP contribution in [-0.4, -0.2) is 39.8 Å². The van der Waals surface area contributed by atoms with Gasteiger partial charge < -0.3 is 20.2 Å². The Kier molecular flexibility index (Phi) is 5.36. The van der Waals surface area contributed by atoms with Gasteiger partial charge in [-0.1, -0.05) is 6.07 Å². The lowest BCUT2D eigenvalue weighted by atomic mass is 10.1. The molecule has 8 heteroatoms. The second-order valence-electron chi connectivity index (χ2n) is 5.97. The number of anilines is 1. The Balaban J connectivity index is 1.90. The molecule has 27 heavy (non-hydrogen) atoms. The molecule has 0 bridgehead atoms. The van der Waals surface area contributed by atoms with Crippen LogP contribution in [0.15, 0.2) is 36.4 Å². The molecule has 0 aliphatic heterocycles. The van der Waals surface area contributed by atoms with Crippen LogP contribution in [0.1, 0.15) is 34.6 Å². The molecule has 0 saturated carbocycles. The summed E-state index contributed by atoms with van der Waals surface area (Å²) in [7, 11) is 0. The molecule has 1 heterocycles. The van der Waals surface area contributed by atoms with Crippen molar-refractivity contribution in [3.05, 3.63) is 58.1 Å². The molecule has 3 rings (SSSR count). The van der Waals surface area contributed by atoms with E-state index in [4.69, 9.17) is 12.2 Å². The van der Waals surface area contributed by atoms with Crippen LogP contribution >= 0.6 is 12.2 Å². The summed E-state index contributed by atoms with van der Waals surface area (Å²) in [6.45, 7) is 5.01. The molecule has 140 valence electrons. The zero-order valence-corrected chi connectivity index (χ0v) is 15.7. The molecule has 0 spiro atoms. The number of hydrogen-bond acceptors (Lipinski definition) is 3. The van der Waals surface area contributed by atoms with Gasteiger partial charge in [0.15, 0.2) is 4.77 Å². The number of hydrogen-bond donors (Lipinski definition) is 3. The number of nitrogens with zero attached hydrogens (tertiary/aromatic N) is 1. The van der Waals surface area contributed by atoms with Gasteiger partial charge in [-0.25, -0.2) is 4.39 Å². The van der Waals surface area contributed by atoms with Gasteiger partial charge in [0, 0.05) is 24.3 Å². The maximum Gasteiger partial charge on any atom is 0.257 e. The van der Waals surface area contributed by atoms with Crippen molar-refractivity contribution in [3.8, 4) is 0 Å². The second-order valence-corrected chi connectivity index (χ2v) is 6.38. The smallest absolute Gasteiger partial charge is 0.257 e. The highest BCUT2D eigenvalue weighted by Crippen LogP contribution is 2.20. The largest absolute Gasteiger partial charge is 0.339 e. The van der Waals surface area contributed by atoms with Crippen LogP contribution in [0.4, 0.5) is 10.1 Å². The minimum absolute atomic E-state index is 0.112. The average Bonchev–Trinajstić information content (AvgIpc) is 3.01. The highest BCUT2D eigenvalue weighted by molar-refractivity contribution is 7.71. The predicted octanol–water partition coefficient (Wildman–Crippen LogP) is 4.10. The fourth-order valence-electron chi connectivity index (χ4n) is 2.91. The Morgan fingerprint density at radius 2 is 1.89 bits per heavy atom. The van der Waals surface area contributed by atoms with E-state index in [2.05, 4.69) is 15.3 Å². The first-order valence-electron chi connectivity index (χ1n) is 8.55. The summed E-state index contributed by atoms with van der Waals surface area (Å²) in [4.78, 5) is 32.5. The van der Waals surface area contributed by atoms with Crippen molar-refractivity contribution in [2.45, 2.75) is 13.8 Å². The lowest BCUT2D eigenvalue weighted by Crippen LogP contribution is -2.30. The number of halogens is 1. The zero-order valence-electron chi connectivity index (χ0n) is 14.9. The summed E-state index contributed by atoms with van der Waals surface area (Å²) in [6.07, 6.45) is 0. The van der Waals surface area contributed by atoms with E-state index in [1.807, 2.05) is 13.8 Å². The van der Waals surface area contributed by atoms with Gasteiger partial charge in [0.25, 0.3) is 11.8 Å². The number of imidazole rings is 1. The van der Waals surface area contributed by atoms with E-state index in [9.17, 15) is 14.0 Å². The third-order valence-corrected chi connectivity index (χ3v) is 4.46. The fraction of sp³-hybridized carbons (Fsp3) is 0.211. The number of H-pyrrole nitrogens is 2. The van der Waals surface area contributed by atoms with E-state index >= 15 is 0 Å². The lowest BCUT2D eigenvalue weighted by molar-refractivity contribution is 0.0772. The van der Waals surface area contributed by atoms with Crippen molar-refractivity contribution >= 4 is 40.8 Å². The maximum atomic E-state index is 13.8. The first-order chi connectivity index (χ1) is 12.9. The molecule has 0 aliphatic carbocycles. The predicted molar refractivity (Wildman–Crippen MR) is 105 cm³/mol. The third kappa shape index (κ3) is 3.90. The Morgan fingerprint density at radius 1 is 1.15 bits per heavy atom. The van der Waals surface area contributed by atoms with Crippen LogP contribution in [0.5, 0.6) is 0 Å². The van der Waals surface area contributed by atoms with E-state index < -0.39 is 11.7 Å². The quantitative estimate of drug-likeness (QED) is 0.578. The van der Waals surface area contributed by atoms with E-state index in [1.165, 1.54) is 6.07 Å². The minimum atomic E-state index is -0.552. The van der Waals surface area contributed by atoms with Crippen molar-refractivity contribution in [2.75, 3.05) is 18.4 Å². The number of fused-ring (bicyclic) bond motifs is 1. The van der Waals surface area contributed by atoms with Crippen molar-refractivity contribution < 1.29 is 14.0 Å². The van der Waals surface area contributed by atoms with Crippen LogP contribution in [-0.2, 0) is 0 Å². The van der Waals surface area contributed by atoms with Crippen LogP contribution in [0.25, 0.3) is 11.0 Å². The number of aromatic nitrogens is 2. The van der Waals surface area contributed by atoms with E-state index in [0.29, 0.717) is 40.1 Å². The second kappa shape index (κ2) is 7.71. The molecule has 0 saturated heterocycles. The molecule has 1 aromatic heterocycles. The Morgan fingerprint density at radius 3 is 2.59 bits per heavy atom. The van der Waals surface area contributed by atoms with E-state index in [1.54, 1.807) is 29.2 Å². The Bertz CT molecular complexity index is 1070. The number of rotatable bonds is 5. The maximum absolute atomic E-state index is 13.8. The molecular weight excluding hydrogens is 367 g/mol. The number of carbonyl (C=O) groups excluding carboxylic acids is 2. The van der Waals surface area contributed by atoms with Gasteiger partial charge >= 0.3 is 0 Å². The van der Waals surface area contributed by atoms with Crippen LogP contribution in [0.2, 0.25) is 0 Å². The molecule has 0 fully saturated rings. The topological polar surface area (TPSA) is 81.0 Å². The van der Waals surface area contributed by atoms with Gasteiger partial charge in [-0.15, -0.1) is 0 Å². The summed E-state index contributed by atoms with van der Waals surface area (Å²) in [5.74, 6) is -1.17. The number of amides is 2. The molecule has 0 aliphatic rings.